The summed E-state index contributed by atoms with van der Waals surface area (Å²) in [6.45, 7) is 29.4. The molecule has 3 rings (SSSR count). The fourth-order valence-corrected chi connectivity index (χ4v) is 6.91. The van der Waals surface area contributed by atoms with Crippen molar-refractivity contribution in [1.29, 1.82) is 0 Å². The number of phenols is 1. The van der Waals surface area contributed by atoms with E-state index in [1.54, 1.807) is 0 Å². The number of piperidine rings is 2. The van der Waals surface area contributed by atoms with Crippen molar-refractivity contribution in [3.8, 4) is 5.75 Å². The van der Waals surface area contributed by atoms with Crippen molar-refractivity contribution in [2.45, 2.75) is 138 Å². The number of benzene rings is 1. The van der Waals surface area contributed by atoms with Crippen molar-refractivity contribution in [2.75, 3.05) is 14.1 Å². The molecular formula is C31H58N2O. The van der Waals surface area contributed by atoms with E-state index in [1.165, 1.54) is 31.2 Å². The Labute approximate surface area is 213 Å². The third-order valence-electron chi connectivity index (χ3n) is 8.66. The molecule has 2 fully saturated rings. The highest BCUT2D eigenvalue weighted by molar-refractivity contribution is 5.41. The minimum atomic E-state index is 0.376. The first kappa shape index (κ1) is 31.0. The largest absolute Gasteiger partial charge is 0.507 e. The van der Waals surface area contributed by atoms with Crippen molar-refractivity contribution in [2.24, 2.45) is 11.8 Å². The average molecular weight is 475 g/mol. The Kier molecular flexibility index (Phi) is 9.94. The summed E-state index contributed by atoms with van der Waals surface area (Å²) in [4.78, 5) is 5.06. The van der Waals surface area contributed by atoms with E-state index in [0.29, 0.717) is 27.9 Å². The summed E-state index contributed by atoms with van der Waals surface area (Å²) in [7, 11) is 4.51. The van der Waals surface area contributed by atoms with Gasteiger partial charge >= 0.3 is 0 Å². The van der Waals surface area contributed by atoms with Crippen LogP contribution in [0.25, 0.3) is 0 Å². The summed E-state index contributed by atoms with van der Waals surface area (Å²) in [5.74, 6) is 2.16. The van der Waals surface area contributed by atoms with Gasteiger partial charge in [-0.25, -0.2) is 0 Å². The molecule has 3 heteroatoms. The molecule has 0 amide bonds. The quantitative estimate of drug-likeness (QED) is 0.411. The second-order valence-corrected chi connectivity index (χ2v) is 14.1. The van der Waals surface area contributed by atoms with Gasteiger partial charge in [-0.2, -0.15) is 0 Å². The van der Waals surface area contributed by atoms with Crippen LogP contribution in [0.15, 0.2) is 12.1 Å². The first-order chi connectivity index (χ1) is 15.1. The number of aromatic hydroxyl groups is 1. The van der Waals surface area contributed by atoms with Gasteiger partial charge in [0.15, 0.2) is 0 Å². The summed E-state index contributed by atoms with van der Waals surface area (Å²) < 4.78 is 0. The molecule has 0 aromatic heterocycles. The third kappa shape index (κ3) is 7.98. The number of hydrogen-bond acceptors (Lipinski definition) is 3. The molecule has 1 aromatic rings. The SMILES string of the molecule is CC1CC(C)(C)N(C)C(C)(C)C1.CC1CC(C)(C)N(C)C(C)(C)C1.Cc1cc(C)c(O)c(C)c1. The molecular weight excluding hydrogens is 416 g/mol. The lowest BCUT2D eigenvalue weighted by Gasteiger charge is -2.53. The summed E-state index contributed by atoms with van der Waals surface area (Å²) in [6, 6.07) is 3.95. The highest BCUT2D eigenvalue weighted by Crippen LogP contribution is 2.40. The standard InChI is InChI=1S/2C11H23N.C9H12O/c2*1-9-7-10(2,3)12(6)11(4,5)8-9;1-6-4-7(2)9(10)8(3)5-6/h2*9H,7-8H2,1-6H3;4-5,10H,1-3H3. The molecule has 34 heavy (non-hydrogen) atoms. The molecule has 2 heterocycles. The van der Waals surface area contributed by atoms with Crippen LogP contribution in [-0.4, -0.2) is 51.2 Å². The first-order valence-corrected chi connectivity index (χ1v) is 13.4. The van der Waals surface area contributed by atoms with Crippen LogP contribution in [0.2, 0.25) is 0 Å². The van der Waals surface area contributed by atoms with E-state index in [0.717, 1.165) is 23.0 Å². The van der Waals surface area contributed by atoms with Gasteiger partial charge in [0.25, 0.3) is 0 Å². The van der Waals surface area contributed by atoms with Gasteiger partial charge < -0.3 is 5.11 Å². The highest BCUT2D eigenvalue weighted by Gasteiger charge is 2.42. The maximum absolute atomic E-state index is 9.33. The number of phenolic OH excluding ortho intramolecular Hbond substituents is 1. The molecule has 2 saturated heterocycles. The van der Waals surface area contributed by atoms with Crippen LogP contribution in [-0.2, 0) is 0 Å². The lowest BCUT2D eigenvalue weighted by atomic mass is 9.75. The van der Waals surface area contributed by atoms with Crippen LogP contribution in [0.3, 0.4) is 0 Å². The lowest BCUT2D eigenvalue weighted by Crippen LogP contribution is -2.58. The highest BCUT2D eigenvalue weighted by atomic mass is 16.3. The smallest absolute Gasteiger partial charge is 0.121 e. The van der Waals surface area contributed by atoms with Gasteiger partial charge in [-0.3, -0.25) is 9.80 Å². The fourth-order valence-electron chi connectivity index (χ4n) is 6.91. The molecule has 3 nitrogen and oxygen atoms in total. The van der Waals surface area contributed by atoms with Crippen LogP contribution in [0.1, 0.15) is 112 Å². The summed E-state index contributed by atoms with van der Waals surface area (Å²) in [5, 5.41) is 9.33. The molecule has 0 atom stereocenters. The molecule has 1 aromatic carbocycles. The molecule has 0 radical (unpaired) electrons. The van der Waals surface area contributed by atoms with Crippen LogP contribution in [0, 0.1) is 32.6 Å². The second kappa shape index (κ2) is 10.9. The maximum Gasteiger partial charge on any atom is 0.121 e. The predicted octanol–water partition coefficient (Wildman–Crippen LogP) is 8.13. The zero-order valence-electron chi connectivity index (χ0n) is 25.5. The van der Waals surface area contributed by atoms with E-state index in [1.807, 2.05) is 32.9 Å². The Morgan fingerprint density at radius 1 is 0.618 bits per heavy atom. The topological polar surface area (TPSA) is 26.7 Å². The molecule has 0 saturated carbocycles. The van der Waals surface area contributed by atoms with E-state index in [4.69, 9.17) is 0 Å². The number of likely N-dealkylation sites (tertiary alicyclic amines) is 2. The van der Waals surface area contributed by atoms with Crippen LogP contribution < -0.4 is 0 Å². The van der Waals surface area contributed by atoms with Gasteiger partial charge in [0.05, 0.1) is 0 Å². The number of aryl methyl sites for hydroxylation is 3. The van der Waals surface area contributed by atoms with Crippen molar-refractivity contribution in [1.82, 2.24) is 9.80 Å². The average Bonchev–Trinajstić information content (AvgIpc) is 2.61. The monoisotopic (exact) mass is 474 g/mol. The molecule has 198 valence electrons. The van der Waals surface area contributed by atoms with E-state index >= 15 is 0 Å². The van der Waals surface area contributed by atoms with E-state index in [-0.39, 0.29) is 0 Å². The van der Waals surface area contributed by atoms with Gasteiger partial charge in [-0.1, -0.05) is 31.5 Å². The van der Waals surface area contributed by atoms with Gasteiger partial charge in [0, 0.05) is 22.2 Å². The number of nitrogens with zero attached hydrogens (tertiary/aromatic N) is 2. The Morgan fingerprint density at radius 2 is 0.853 bits per heavy atom. The first-order valence-electron chi connectivity index (χ1n) is 13.4. The number of rotatable bonds is 0. The third-order valence-corrected chi connectivity index (χ3v) is 8.66. The van der Waals surface area contributed by atoms with Crippen LogP contribution >= 0.6 is 0 Å². The van der Waals surface area contributed by atoms with Crippen molar-refractivity contribution in [3.05, 3.63) is 28.8 Å². The van der Waals surface area contributed by atoms with Crippen LogP contribution in [0.4, 0.5) is 0 Å². The van der Waals surface area contributed by atoms with Gasteiger partial charge in [-0.05, 0) is 139 Å². The molecule has 0 aliphatic carbocycles. The lowest BCUT2D eigenvalue weighted by molar-refractivity contribution is -0.0258. The van der Waals surface area contributed by atoms with E-state index < -0.39 is 0 Å². The summed E-state index contributed by atoms with van der Waals surface area (Å²) in [5.41, 5.74) is 4.62. The van der Waals surface area contributed by atoms with Gasteiger partial charge in [0.1, 0.15) is 5.75 Å². The predicted molar refractivity (Wildman–Crippen MR) is 151 cm³/mol. The van der Waals surface area contributed by atoms with Gasteiger partial charge in [-0.15, -0.1) is 0 Å². The summed E-state index contributed by atoms with van der Waals surface area (Å²) in [6.07, 6.45) is 5.31. The summed E-state index contributed by atoms with van der Waals surface area (Å²) >= 11 is 0. The van der Waals surface area contributed by atoms with Crippen molar-refractivity contribution in [3.63, 3.8) is 0 Å². The van der Waals surface area contributed by atoms with Crippen LogP contribution in [0.5, 0.6) is 5.75 Å². The normalized spacial score (nSPS) is 24.4. The molecule has 2 aliphatic rings. The molecule has 0 unspecified atom stereocenters. The Morgan fingerprint density at radius 3 is 1.09 bits per heavy atom. The fraction of sp³-hybridized carbons (Fsp3) is 0.806. The zero-order valence-corrected chi connectivity index (χ0v) is 25.5. The van der Waals surface area contributed by atoms with Crippen molar-refractivity contribution >= 4 is 0 Å². The van der Waals surface area contributed by atoms with E-state index in [2.05, 4.69) is 93.1 Å². The Bertz CT molecular complexity index is 707. The second-order valence-electron chi connectivity index (χ2n) is 14.1. The molecule has 1 N–H and O–H groups in total. The molecule has 0 bridgehead atoms. The van der Waals surface area contributed by atoms with E-state index in [9.17, 15) is 5.11 Å². The van der Waals surface area contributed by atoms with Gasteiger partial charge in [0.2, 0.25) is 0 Å². The molecule has 0 spiro atoms. The molecule has 2 aliphatic heterocycles. The zero-order chi connectivity index (χ0) is 26.9. The number of hydrogen-bond donors (Lipinski definition) is 1. The minimum Gasteiger partial charge on any atom is -0.507 e. The Hall–Kier alpha value is -1.06. The minimum absolute atomic E-state index is 0.376. The Balaban J connectivity index is 0.000000256. The van der Waals surface area contributed by atoms with Crippen molar-refractivity contribution < 1.29 is 5.11 Å². The maximum atomic E-state index is 9.33.